The highest BCUT2D eigenvalue weighted by Gasteiger charge is 2.69. The topological polar surface area (TPSA) is 86.7 Å². The lowest BCUT2D eigenvalue weighted by Gasteiger charge is -2.37. The second-order valence-corrected chi connectivity index (χ2v) is 11.5. The van der Waals surface area contributed by atoms with E-state index in [1.54, 1.807) is 0 Å². The van der Waals surface area contributed by atoms with Crippen LogP contribution in [-0.4, -0.2) is 39.4 Å². The van der Waals surface area contributed by atoms with Gasteiger partial charge in [0.1, 0.15) is 5.54 Å². The molecule has 2 amide bonds. The highest BCUT2D eigenvalue weighted by molar-refractivity contribution is 6.10. The van der Waals surface area contributed by atoms with E-state index in [1.165, 1.54) is 11.3 Å². The Morgan fingerprint density at radius 2 is 1.56 bits per heavy atom. The van der Waals surface area contributed by atoms with Gasteiger partial charge in [0.05, 0.1) is 11.8 Å². The van der Waals surface area contributed by atoms with Crippen LogP contribution in [0.3, 0.4) is 0 Å². The van der Waals surface area contributed by atoms with Crippen molar-refractivity contribution in [2.45, 2.75) is 88.3 Å². The first-order valence-corrected chi connectivity index (χ1v) is 13.9. The Balaban J connectivity index is 1.47. The van der Waals surface area contributed by atoms with Crippen molar-refractivity contribution >= 4 is 28.6 Å². The molecule has 190 valence electrons. The molecule has 36 heavy (non-hydrogen) atoms. The second-order valence-electron chi connectivity index (χ2n) is 11.5. The van der Waals surface area contributed by atoms with E-state index in [0.29, 0.717) is 6.42 Å². The van der Waals surface area contributed by atoms with Gasteiger partial charge in [0, 0.05) is 12.1 Å². The minimum absolute atomic E-state index is 0.0984. The molecule has 0 aromatic heterocycles. The summed E-state index contributed by atoms with van der Waals surface area (Å²) in [6, 6.07) is 13.4. The molecule has 2 saturated heterocycles. The number of carboxylic acids is 1. The number of rotatable bonds is 5. The molecule has 2 aromatic rings. The van der Waals surface area contributed by atoms with Crippen molar-refractivity contribution < 1.29 is 19.5 Å². The number of carbonyl (C=O) groups excluding carboxylic acids is 2. The molecule has 2 aromatic carbocycles. The third-order valence-corrected chi connectivity index (χ3v) is 9.50. The maximum absolute atomic E-state index is 14.1. The Bertz CT molecular complexity index is 1180. The first kappa shape index (κ1) is 23.7. The number of hydrogen-bond acceptors (Lipinski definition) is 4. The standard InChI is InChI=1S/C30H36N2O4/c33-27-24-25(28(34)32(27)21-14-5-2-6-15-21)30(29(35)36,18-19-10-3-1-4-11-19)31-26(24)23-17-9-13-20-12-7-8-16-22(20)23/h7-9,12-13,16-17,19,21,24-26,31H,1-6,10-11,14-15,18H2,(H,35,36). The van der Waals surface area contributed by atoms with Crippen LogP contribution in [0.15, 0.2) is 42.5 Å². The number of aliphatic carboxylic acids is 1. The molecule has 0 bridgehead atoms. The zero-order chi connectivity index (χ0) is 24.9. The lowest BCUT2D eigenvalue weighted by Crippen LogP contribution is -2.57. The quantitative estimate of drug-likeness (QED) is 0.564. The Hall–Kier alpha value is -2.73. The number of nitrogens with one attached hydrogen (secondary N) is 1. The molecule has 2 N–H and O–H groups in total. The molecule has 4 unspecified atom stereocenters. The zero-order valence-electron chi connectivity index (χ0n) is 20.8. The summed E-state index contributed by atoms with van der Waals surface area (Å²) >= 11 is 0. The molecule has 6 rings (SSSR count). The van der Waals surface area contributed by atoms with E-state index in [9.17, 15) is 19.5 Å². The fourth-order valence-electron chi connectivity index (χ4n) is 7.83. The normalized spacial score (nSPS) is 31.8. The summed E-state index contributed by atoms with van der Waals surface area (Å²) in [7, 11) is 0. The monoisotopic (exact) mass is 488 g/mol. The molecule has 6 heteroatoms. The van der Waals surface area contributed by atoms with Gasteiger partial charge in [0.15, 0.2) is 0 Å². The van der Waals surface area contributed by atoms with E-state index in [-0.39, 0.29) is 23.8 Å². The van der Waals surface area contributed by atoms with Crippen molar-refractivity contribution in [3.05, 3.63) is 48.0 Å². The maximum Gasteiger partial charge on any atom is 0.324 e. The van der Waals surface area contributed by atoms with E-state index in [0.717, 1.165) is 74.1 Å². The molecule has 0 spiro atoms. The summed E-state index contributed by atoms with van der Waals surface area (Å²) < 4.78 is 0. The number of hydrogen-bond donors (Lipinski definition) is 2. The number of amides is 2. The first-order chi connectivity index (χ1) is 17.5. The van der Waals surface area contributed by atoms with E-state index in [4.69, 9.17) is 0 Å². The van der Waals surface area contributed by atoms with Gasteiger partial charge in [-0.25, -0.2) is 0 Å². The van der Waals surface area contributed by atoms with E-state index in [1.807, 2.05) is 42.5 Å². The van der Waals surface area contributed by atoms with Crippen LogP contribution in [0.25, 0.3) is 10.8 Å². The lowest BCUT2D eigenvalue weighted by molar-refractivity contribution is -0.153. The number of imide groups is 1. The fraction of sp³-hybridized carbons (Fsp3) is 0.567. The summed E-state index contributed by atoms with van der Waals surface area (Å²) in [4.78, 5) is 42.9. The van der Waals surface area contributed by atoms with Crippen molar-refractivity contribution in [1.82, 2.24) is 10.2 Å². The maximum atomic E-state index is 14.1. The summed E-state index contributed by atoms with van der Waals surface area (Å²) in [6.45, 7) is 0. The van der Waals surface area contributed by atoms with Crippen LogP contribution in [0.2, 0.25) is 0 Å². The molecule has 4 atom stereocenters. The van der Waals surface area contributed by atoms with Crippen LogP contribution in [0.5, 0.6) is 0 Å². The molecule has 0 radical (unpaired) electrons. The van der Waals surface area contributed by atoms with Gasteiger partial charge in [0.25, 0.3) is 0 Å². The van der Waals surface area contributed by atoms with Gasteiger partial charge in [0.2, 0.25) is 11.8 Å². The van der Waals surface area contributed by atoms with Gasteiger partial charge in [-0.15, -0.1) is 0 Å². The summed E-state index contributed by atoms with van der Waals surface area (Å²) in [5.41, 5.74) is -0.508. The van der Waals surface area contributed by atoms with Gasteiger partial charge >= 0.3 is 5.97 Å². The number of likely N-dealkylation sites (tertiary alicyclic amines) is 1. The van der Waals surface area contributed by atoms with Crippen molar-refractivity contribution in [2.24, 2.45) is 17.8 Å². The molecule has 2 aliphatic carbocycles. The molecule has 2 aliphatic heterocycles. The van der Waals surface area contributed by atoms with Crippen LogP contribution >= 0.6 is 0 Å². The van der Waals surface area contributed by atoms with E-state index < -0.39 is 29.4 Å². The predicted octanol–water partition coefficient (Wildman–Crippen LogP) is 5.21. The Morgan fingerprint density at radius 1 is 0.889 bits per heavy atom. The molecular formula is C30H36N2O4. The number of fused-ring (bicyclic) bond motifs is 2. The molecule has 2 saturated carbocycles. The predicted molar refractivity (Wildman–Crippen MR) is 137 cm³/mol. The minimum atomic E-state index is -1.43. The van der Waals surface area contributed by atoms with Crippen LogP contribution < -0.4 is 5.32 Å². The molecular weight excluding hydrogens is 452 g/mol. The average Bonchev–Trinajstić information content (AvgIpc) is 3.38. The van der Waals surface area contributed by atoms with E-state index in [2.05, 4.69) is 5.32 Å². The van der Waals surface area contributed by atoms with Crippen molar-refractivity contribution in [2.75, 3.05) is 0 Å². The fourth-order valence-corrected chi connectivity index (χ4v) is 7.83. The SMILES string of the molecule is O=C1C2C(c3cccc4ccccc34)NC(CC3CCCCC3)(C(=O)O)C2C(=O)N1C1CCCCC1. The Kier molecular flexibility index (Phi) is 6.11. The first-order valence-electron chi connectivity index (χ1n) is 13.9. The summed E-state index contributed by atoms with van der Waals surface area (Å²) in [6.07, 6.45) is 10.6. The van der Waals surface area contributed by atoms with Gasteiger partial charge in [-0.05, 0) is 41.5 Å². The smallest absolute Gasteiger partial charge is 0.324 e. The number of carbonyl (C=O) groups is 3. The largest absolute Gasteiger partial charge is 0.480 e. The van der Waals surface area contributed by atoms with Crippen LogP contribution in [0, 0.1) is 17.8 Å². The van der Waals surface area contributed by atoms with Crippen LogP contribution in [-0.2, 0) is 14.4 Å². The molecule has 4 aliphatic rings. The summed E-state index contributed by atoms with van der Waals surface area (Å²) in [5, 5.41) is 16.3. The number of carboxylic acid groups (broad SMARTS) is 1. The zero-order valence-corrected chi connectivity index (χ0v) is 20.8. The highest BCUT2D eigenvalue weighted by atomic mass is 16.4. The second kappa shape index (κ2) is 9.29. The van der Waals surface area contributed by atoms with Crippen molar-refractivity contribution in [1.29, 1.82) is 0 Å². The van der Waals surface area contributed by atoms with Gasteiger partial charge < -0.3 is 5.11 Å². The molecule has 6 nitrogen and oxygen atoms in total. The van der Waals surface area contributed by atoms with Gasteiger partial charge in [-0.1, -0.05) is 93.8 Å². The summed E-state index contributed by atoms with van der Waals surface area (Å²) in [5.74, 6) is -2.72. The third-order valence-electron chi connectivity index (χ3n) is 9.50. The van der Waals surface area contributed by atoms with Gasteiger partial charge in [-0.3, -0.25) is 24.6 Å². The van der Waals surface area contributed by atoms with Crippen LogP contribution in [0.4, 0.5) is 0 Å². The number of nitrogens with zero attached hydrogens (tertiary/aromatic N) is 1. The van der Waals surface area contributed by atoms with Crippen molar-refractivity contribution in [3.8, 4) is 0 Å². The van der Waals surface area contributed by atoms with Crippen molar-refractivity contribution in [3.63, 3.8) is 0 Å². The average molecular weight is 489 g/mol. The number of benzene rings is 2. The molecule has 2 heterocycles. The van der Waals surface area contributed by atoms with Crippen LogP contribution in [0.1, 0.15) is 82.2 Å². The highest BCUT2D eigenvalue weighted by Crippen LogP contribution is 2.53. The Morgan fingerprint density at radius 3 is 2.28 bits per heavy atom. The Labute approximate surface area is 212 Å². The van der Waals surface area contributed by atoms with E-state index >= 15 is 0 Å². The third kappa shape index (κ3) is 3.68. The lowest BCUT2D eigenvalue weighted by atomic mass is 9.72. The van der Waals surface area contributed by atoms with Gasteiger partial charge in [-0.2, -0.15) is 0 Å². The molecule has 4 fully saturated rings. The minimum Gasteiger partial charge on any atom is -0.480 e.